The van der Waals surface area contributed by atoms with Crippen LogP contribution in [0.5, 0.6) is 0 Å². The molecule has 0 amide bonds. The average molecular weight is 292 g/mol. The van der Waals surface area contributed by atoms with Gasteiger partial charge in [0.05, 0.1) is 30.0 Å². The van der Waals surface area contributed by atoms with Crippen molar-refractivity contribution >= 4 is 11.7 Å². The third-order valence-corrected chi connectivity index (χ3v) is 3.15. The maximum atomic E-state index is 11.0. The second-order valence-corrected chi connectivity index (χ2v) is 4.64. The Balaban J connectivity index is 3.17. The number of nitriles is 1. The van der Waals surface area contributed by atoms with Gasteiger partial charge in [0.1, 0.15) is 6.07 Å². The Hall–Kier alpha value is -2.10. The number of ether oxygens (including phenoxy) is 2. The molecule has 0 saturated carbocycles. The normalized spacial score (nSPS) is 11.7. The van der Waals surface area contributed by atoms with E-state index >= 15 is 0 Å². The molecule has 6 heteroatoms. The molecule has 0 aliphatic carbocycles. The summed E-state index contributed by atoms with van der Waals surface area (Å²) in [7, 11) is 3.22. The van der Waals surface area contributed by atoms with Gasteiger partial charge in [-0.3, -0.25) is 0 Å². The molecule has 0 aromatic heterocycles. The number of carbonyl (C=O) groups is 1. The van der Waals surface area contributed by atoms with Gasteiger partial charge in [-0.1, -0.05) is 0 Å². The number of aromatic carboxylic acids is 1. The summed E-state index contributed by atoms with van der Waals surface area (Å²) in [6.45, 7) is 3.56. The zero-order valence-electron chi connectivity index (χ0n) is 12.5. The molecule has 0 aliphatic heterocycles. The van der Waals surface area contributed by atoms with Crippen LogP contribution in [-0.2, 0) is 9.47 Å². The molecule has 0 radical (unpaired) electrons. The monoisotopic (exact) mass is 292 g/mol. The molecule has 1 rings (SSSR count). The van der Waals surface area contributed by atoms with E-state index in [0.29, 0.717) is 31.0 Å². The number of hydrogen-bond donors (Lipinski definition) is 1. The van der Waals surface area contributed by atoms with Crippen molar-refractivity contribution in [3.8, 4) is 6.07 Å². The van der Waals surface area contributed by atoms with Crippen molar-refractivity contribution in [2.24, 2.45) is 0 Å². The Labute approximate surface area is 124 Å². The van der Waals surface area contributed by atoms with Gasteiger partial charge in [0, 0.05) is 26.8 Å². The lowest BCUT2D eigenvalue weighted by Crippen LogP contribution is -2.39. The van der Waals surface area contributed by atoms with E-state index in [-0.39, 0.29) is 11.6 Å². The van der Waals surface area contributed by atoms with Crippen molar-refractivity contribution in [2.45, 2.75) is 13.0 Å². The van der Waals surface area contributed by atoms with Crippen molar-refractivity contribution in [3.63, 3.8) is 0 Å². The van der Waals surface area contributed by atoms with Crippen LogP contribution >= 0.6 is 0 Å². The summed E-state index contributed by atoms with van der Waals surface area (Å²) in [6, 6.07) is 6.63. The van der Waals surface area contributed by atoms with Gasteiger partial charge < -0.3 is 19.5 Å². The molecule has 0 aliphatic rings. The van der Waals surface area contributed by atoms with Gasteiger partial charge in [-0.15, -0.1) is 0 Å². The third-order valence-electron chi connectivity index (χ3n) is 3.15. The van der Waals surface area contributed by atoms with Crippen LogP contribution in [0, 0.1) is 11.3 Å². The maximum Gasteiger partial charge on any atom is 0.335 e. The first kappa shape index (κ1) is 17.0. The summed E-state index contributed by atoms with van der Waals surface area (Å²) in [4.78, 5) is 13.0. The van der Waals surface area contributed by atoms with E-state index in [1.165, 1.54) is 12.1 Å². The zero-order valence-corrected chi connectivity index (χ0v) is 12.5. The van der Waals surface area contributed by atoms with Crippen LogP contribution in [0.15, 0.2) is 18.2 Å². The molecule has 0 bridgehead atoms. The Morgan fingerprint density at radius 1 is 1.43 bits per heavy atom. The van der Waals surface area contributed by atoms with Crippen LogP contribution in [0.2, 0.25) is 0 Å². The molecule has 1 aromatic rings. The van der Waals surface area contributed by atoms with E-state index in [9.17, 15) is 10.1 Å². The van der Waals surface area contributed by atoms with Gasteiger partial charge in [-0.25, -0.2) is 4.79 Å². The van der Waals surface area contributed by atoms with Gasteiger partial charge in [-0.05, 0) is 25.1 Å². The minimum atomic E-state index is -1.05. The molecule has 0 fully saturated rings. The van der Waals surface area contributed by atoms with Crippen LogP contribution in [-0.4, -0.2) is 51.1 Å². The predicted octanol–water partition coefficient (Wildman–Crippen LogP) is 1.74. The number of hydrogen-bond acceptors (Lipinski definition) is 5. The van der Waals surface area contributed by atoms with E-state index < -0.39 is 5.97 Å². The first-order chi connectivity index (χ1) is 10.0. The second kappa shape index (κ2) is 8.25. The first-order valence-corrected chi connectivity index (χ1v) is 6.57. The lowest BCUT2D eigenvalue weighted by atomic mass is 10.1. The van der Waals surface area contributed by atoms with Crippen molar-refractivity contribution in [3.05, 3.63) is 29.3 Å². The van der Waals surface area contributed by atoms with Gasteiger partial charge in [-0.2, -0.15) is 5.26 Å². The lowest BCUT2D eigenvalue weighted by Gasteiger charge is -2.31. The number of carboxylic acid groups (broad SMARTS) is 1. The fourth-order valence-electron chi connectivity index (χ4n) is 2.11. The van der Waals surface area contributed by atoms with Crippen molar-refractivity contribution < 1.29 is 19.4 Å². The third kappa shape index (κ3) is 4.45. The molecule has 0 saturated heterocycles. The molecule has 1 N–H and O–H groups in total. The van der Waals surface area contributed by atoms with Crippen LogP contribution in [0.3, 0.4) is 0 Å². The average Bonchev–Trinajstić information content (AvgIpc) is 2.47. The summed E-state index contributed by atoms with van der Waals surface area (Å²) in [6.07, 6.45) is 0. The number of nitrogens with zero attached hydrogens (tertiary/aromatic N) is 2. The Morgan fingerprint density at radius 2 is 2.14 bits per heavy atom. The molecule has 0 heterocycles. The highest BCUT2D eigenvalue weighted by Gasteiger charge is 2.19. The number of rotatable bonds is 8. The summed E-state index contributed by atoms with van der Waals surface area (Å²) in [5, 5.41) is 18.3. The summed E-state index contributed by atoms with van der Waals surface area (Å²) >= 11 is 0. The standard InChI is InChI=1S/C15H20N2O4/c1-11(10-21-3)17(6-7-20-2)14-5-4-12(15(18)19)8-13(14)9-16/h4-5,8,11H,6-7,10H2,1-3H3,(H,18,19). The molecule has 0 spiro atoms. The highest BCUT2D eigenvalue weighted by molar-refractivity contribution is 5.89. The predicted molar refractivity (Wildman–Crippen MR) is 78.7 cm³/mol. The smallest absolute Gasteiger partial charge is 0.335 e. The minimum absolute atomic E-state index is 0.0351. The topological polar surface area (TPSA) is 82.8 Å². The maximum absolute atomic E-state index is 11.0. The van der Waals surface area contributed by atoms with E-state index in [2.05, 4.69) is 6.07 Å². The first-order valence-electron chi connectivity index (χ1n) is 6.57. The number of benzene rings is 1. The van der Waals surface area contributed by atoms with E-state index in [1.807, 2.05) is 11.8 Å². The fourth-order valence-corrected chi connectivity index (χ4v) is 2.11. The van der Waals surface area contributed by atoms with Crippen LogP contribution in [0.25, 0.3) is 0 Å². The lowest BCUT2D eigenvalue weighted by molar-refractivity contribution is 0.0697. The highest BCUT2D eigenvalue weighted by atomic mass is 16.5. The van der Waals surface area contributed by atoms with Gasteiger partial charge in [0.2, 0.25) is 0 Å². The second-order valence-electron chi connectivity index (χ2n) is 4.64. The van der Waals surface area contributed by atoms with Crippen molar-refractivity contribution in [2.75, 3.05) is 38.9 Å². The largest absolute Gasteiger partial charge is 0.478 e. The van der Waals surface area contributed by atoms with Crippen LogP contribution in [0.4, 0.5) is 5.69 Å². The Bertz CT molecular complexity index is 525. The van der Waals surface area contributed by atoms with Gasteiger partial charge >= 0.3 is 5.97 Å². The minimum Gasteiger partial charge on any atom is -0.478 e. The molecular formula is C15H20N2O4. The quantitative estimate of drug-likeness (QED) is 0.786. The molecule has 21 heavy (non-hydrogen) atoms. The van der Waals surface area contributed by atoms with E-state index in [0.717, 1.165) is 0 Å². The molecular weight excluding hydrogens is 272 g/mol. The fraction of sp³-hybridized carbons (Fsp3) is 0.467. The van der Waals surface area contributed by atoms with Crippen molar-refractivity contribution in [1.29, 1.82) is 5.26 Å². The molecule has 1 aromatic carbocycles. The van der Waals surface area contributed by atoms with E-state index in [4.69, 9.17) is 14.6 Å². The Kier molecular flexibility index (Phi) is 6.66. The van der Waals surface area contributed by atoms with Crippen LogP contribution in [0.1, 0.15) is 22.8 Å². The molecule has 114 valence electrons. The van der Waals surface area contributed by atoms with Gasteiger partial charge in [0.25, 0.3) is 0 Å². The number of methoxy groups -OCH3 is 2. The zero-order chi connectivity index (χ0) is 15.8. The number of anilines is 1. The highest BCUT2D eigenvalue weighted by Crippen LogP contribution is 2.23. The van der Waals surface area contributed by atoms with E-state index in [1.54, 1.807) is 20.3 Å². The molecule has 1 atom stereocenters. The number of carboxylic acids is 1. The molecule has 6 nitrogen and oxygen atoms in total. The summed E-state index contributed by atoms with van der Waals surface area (Å²) in [5.74, 6) is -1.05. The summed E-state index contributed by atoms with van der Waals surface area (Å²) in [5.41, 5.74) is 1.11. The van der Waals surface area contributed by atoms with Gasteiger partial charge in [0.15, 0.2) is 0 Å². The van der Waals surface area contributed by atoms with Crippen molar-refractivity contribution in [1.82, 2.24) is 0 Å². The molecule has 1 unspecified atom stereocenters. The SMILES string of the molecule is COCCN(c1ccc(C(=O)O)cc1C#N)C(C)COC. The summed E-state index contributed by atoms with van der Waals surface area (Å²) < 4.78 is 10.3. The van der Waals surface area contributed by atoms with Crippen LogP contribution < -0.4 is 4.90 Å². The Morgan fingerprint density at radius 3 is 2.67 bits per heavy atom.